The molecule has 76 valence electrons. The largest absolute Gasteiger partial charge is 0.356 e. The van der Waals surface area contributed by atoms with Crippen LogP contribution in [0.5, 0.6) is 0 Å². The number of aldehydes is 1. The van der Waals surface area contributed by atoms with Crippen molar-refractivity contribution in [3.63, 3.8) is 0 Å². The van der Waals surface area contributed by atoms with Crippen LogP contribution in [0.2, 0.25) is 0 Å². The summed E-state index contributed by atoms with van der Waals surface area (Å²) >= 11 is 2.11. The van der Waals surface area contributed by atoms with Crippen LogP contribution in [-0.2, 0) is 4.74 Å². The highest BCUT2D eigenvalue weighted by Crippen LogP contribution is 2.24. The van der Waals surface area contributed by atoms with Gasteiger partial charge < -0.3 is 4.74 Å². The van der Waals surface area contributed by atoms with E-state index in [1.165, 1.54) is 0 Å². The molecule has 0 bridgehead atoms. The van der Waals surface area contributed by atoms with Crippen LogP contribution in [0.25, 0.3) is 0 Å². The minimum absolute atomic E-state index is 0.0486. The molecule has 0 amide bonds. The van der Waals surface area contributed by atoms with Crippen molar-refractivity contribution in [3.05, 3.63) is 15.5 Å². The Bertz CT molecular complexity index is 332. The van der Waals surface area contributed by atoms with Crippen molar-refractivity contribution >= 4 is 28.9 Å². The molecule has 0 spiro atoms. The van der Waals surface area contributed by atoms with Crippen LogP contribution in [0.1, 0.15) is 36.0 Å². The molecule has 2 heterocycles. The third-order valence-corrected chi connectivity index (χ3v) is 3.16. The van der Waals surface area contributed by atoms with Gasteiger partial charge in [-0.1, -0.05) is 0 Å². The second kappa shape index (κ2) is 4.39. The highest BCUT2D eigenvalue weighted by molar-refractivity contribution is 14.1. The molecule has 5 heteroatoms. The van der Waals surface area contributed by atoms with Crippen LogP contribution in [-0.4, -0.2) is 22.7 Å². The van der Waals surface area contributed by atoms with E-state index >= 15 is 0 Å². The van der Waals surface area contributed by atoms with E-state index < -0.39 is 0 Å². The van der Waals surface area contributed by atoms with Crippen molar-refractivity contribution in [2.24, 2.45) is 0 Å². The van der Waals surface area contributed by atoms with Gasteiger partial charge in [-0.05, 0) is 41.9 Å². The predicted molar refractivity (Wildman–Crippen MR) is 59.2 cm³/mol. The molecule has 0 N–H and O–H groups in total. The molecule has 1 fully saturated rings. The van der Waals surface area contributed by atoms with Gasteiger partial charge in [-0.2, -0.15) is 5.10 Å². The molecule has 1 aliphatic rings. The van der Waals surface area contributed by atoms with Crippen molar-refractivity contribution in [2.45, 2.75) is 25.5 Å². The summed E-state index contributed by atoms with van der Waals surface area (Å²) in [6.07, 6.45) is 5.67. The maximum atomic E-state index is 10.8. The number of nitrogens with zero attached hydrogens (tertiary/aromatic N) is 2. The number of carbonyl (C=O) groups excluding carboxylic acids is 1. The highest BCUT2D eigenvalue weighted by atomic mass is 127. The third kappa shape index (κ3) is 1.83. The molecule has 4 nitrogen and oxygen atoms in total. The van der Waals surface area contributed by atoms with E-state index in [0.717, 1.165) is 35.7 Å². The van der Waals surface area contributed by atoms with Gasteiger partial charge in [0.2, 0.25) is 0 Å². The van der Waals surface area contributed by atoms with E-state index in [4.69, 9.17) is 4.74 Å². The Hall–Kier alpha value is -0.430. The fraction of sp³-hybridized carbons (Fsp3) is 0.556. The van der Waals surface area contributed by atoms with Crippen molar-refractivity contribution < 1.29 is 9.53 Å². The Morgan fingerprint density at radius 3 is 3.14 bits per heavy atom. The van der Waals surface area contributed by atoms with Crippen molar-refractivity contribution in [3.8, 4) is 0 Å². The minimum atomic E-state index is -0.0486. The van der Waals surface area contributed by atoms with E-state index in [1.807, 2.05) is 0 Å². The Labute approximate surface area is 95.8 Å². The second-order valence-corrected chi connectivity index (χ2v) is 4.42. The van der Waals surface area contributed by atoms with Gasteiger partial charge in [0.1, 0.15) is 5.69 Å². The smallest absolute Gasteiger partial charge is 0.169 e. The lowest BCUT2D eigenvalue weighted by atomic mass is 10.2. The van der Waals surface area contributed by atoms with Gasteiger partial charge in [0.15, 0.2) is 12.5 Å². The van der Waals surface area contributed by atoms with Crippen molar-refractivity contribution in [1.29, 1.82) is 0 Å². The number of rotatable bonds is 2. The normalized spacial score (nSPS) is 22.2. The number of hydrogen-bond donors (Lipinski definition) is 0. The van der Waals surface area contributed by atoms with E-state index in [1.54, 1.807) is 10.9 Å². The average Bonchev–Trinajstić information content (AvgIpc) is 2.61. The highest BCUT2D eigenvalue weighted by Gasteiger charge is 2.20. The first-order valence-corrected chi connectivity index (χ1v) is 5.70. The fourth-order valence-electron chi connectivity index (χ4n) is 1.61. The van der Waals surface area contributed by atoms with Gasteiger partial charge >= 0.3 is 0 Å². The van der Waals surface area contributed by atoms with Gasteiger partial charge in [-0.15, -0.1) is 0 Å². The molecule has 14 heavy (non-hydrogen) atoms. The van der Waals surface area contributed by atoms with Gasteiger partial charge in [-0.25, -0.2) is 4.68 Å². The number of aromatic nitrogens is 2. The van der Waals surface area contributed by atoms with Crippen LogP contribution in [0.3, 0.4) is 0 Å². The van der Waals surface area contributed by atoms with E-state index in [9.17, 15) is 4.79 Å². The molecule has 0 unspecified atom stereocenters. The predicted octanol–water partition coefficient (Wildman–Crippen LogP) is 2.00. The first-order chi connectivity index (χ1) is 6.83. The molecule has 1 aromatic rings. The Morgan fingerprint density at radius 2 is 2.50 bits per heavy atom. The summed E-state index contributed by atoms with van der Waals surface area (Å²) in [5.41, 5.74) is 0.623. The van der Waals surface area contributed by atoms with Crippen LogP contribution in [0.4, 0.5) is 0 Å². The number of ether oxygens (including phenoxy) is 1. The van der Waals surface area contributed by atoms with Crippen molar-refractivity contribution in [2.75, 3.05) is 6.61 Å². The molecule has 0 radical (unpaired) electrons. The Kier molecular flexibility index (Phi) is 3.17. The quantitative estimate of drug-likeness (QED) is 0.620. The van der Waals surface area contributed by atoms with E-state index in [2.05, 4.69) is 27.7 Å². The topological polar surface area (TPSA) is 44.1 Å². The SMILES string of the molecule is O=Cc1c(I)cnn1[C@@H]1CCCCO1. The molecule has 1 aromatic heterocycles. The van der Waals surface area contributed by atoms with E-state index in [0.29, 0.717) is 5.69 Å². The lowest BCUT2D eigenvalue weighted by Crippen LogP contribution is -2.21. The maximum Gasteiger partial charge on any atom is 0.169 e. The van der Waals surface area contributed by atoms with Gasteiger partial charge in [0.05, 0.1) is 9.77 Å². The summed E-state index contributed by atoms with van der Waals surface area (Å²) in [6, 6.07) is 0. The molecule has 0 saturated carbocycles. The first-order valence-electron chi connectivity index (χ1n) is 4.62. The van der Waals surface area contributed by atoms with Crippen LogP contribution < -0.4 is 0 Å². The zero-order valence-electron chi connectivity index (χ0n) is 7.65. The lowest BCUT2D eigenvalue weighted by molar-refractivity contribution is -0.0403. The minimum Gasteiger partial charge on any atom is -0.356 e. The maximum absolute atomic E-state index is 10.8. The van der Waals surface area contributed by atoms with Crippen LogP contribution >= 0.6 is 22.6 Å². The first kappa shape index (κ1) is 10.1. The number of carbonyl (C=O) groups is 1. The van der Waals surface area contributed by atoms with Gasteiger partial charge in [0.25, 0.3) is 0 Å². The van der Waals surface area contributed by atoms with Crippen LogP contribution in [0, 0.1) is 3.57 Å². The van der Waals surface area contributed by atoms with Crippen molar-refractivity contribution in [1.82, 2.24) is 9.78 Å². The van der Waals surface area contributed by atoms with Crippen LogP contribution in [0.15, 0.2) is 6.20 Å². The summed E-state index contributed by atoms with van der Waals surface area (Å²) in [4.78, 5) is 10.8. The molecule has 1 atom stereocenters. The number of hydrogen-bond acceptors (Lipinski definition) is 3. The summed E-state index contributed by atoms with van der Waals surface area (Å²) in [5, 5.41) is 4.16. The molecular weight excluding hydrogens is 295 g/mol. The molecule has 1 aliphatic heterocycles. The summed E-state index contributed by atoms with van der Waals surface area (Å²) < 4.78 is 8.13. The lowest BCUT2D eigenvalue weighted by Gasteiger charge is -2.23. The Balaban J connectivity index is 2.25. The summed E-state index contributed by atoms with van der Waals surface area (Å²) in [7, 11) is 0. The molecule has 0 aromatic carbocycles. The fourth-order valence-corrected chi connectivity index (χ4v) is 2.11. The summed E-state index contributed by atoms with van der Waals surface area (Å²) in [5.74, 6) is 0. The molecular formula is C9H11IN2O2. The molecule has 1 saturated heterocycles. The average molecular weight is 306 g/mol. The van der Waals surface area contributed by atoms with E-state index in [-0.39, 0.29) is 6.23 Å². The Morgan fingerprint density at radius 1 is 1.64 bits per heavy atom. The summed E-state index contributed by atoms with van der Waals surface area (Å²) in [6.45, 7) is 0.763. The third-order valence-electron chi connectivity index (χ3n) is 2.33. The molecule has 0 aliphatic carbocycles. The molecule has 2 rings (SSSR count). The second-order valence-electron chi connectivity index (χ2n) is 3.26. The van der Waals surface area contributed by atoms with Gasteiger partial charge in [-0.3, -0.25) is 4.79 Å². The standard InChI is InChI=1S/C9H11IN2O2/c10-7-5-11-12(8(7)6-13)9-3-1-2-4-14-9/h5-6,9H,1-4H2/t9-/m0/s1. The van der Waals surface area contributed by atoms with Gasteiger partial charge in [0, 0.05) is 6.61 Å². The zero-order chi connectivity index (χ0) is 9.97. The zero-order valence-corrected chi connectivity index (χ0v) is 9.81. The monoisotopic (exact) mass is 306 g/mol. The number of halogens is 1.